The summed E-state index contributed by atoms with van der Waals surface area (Å²) in [5, 5.41) is 2.58. The molecule has 2 heterocycles. The topological polar surface area (TPSA) is 51.6 Å². The lowest BCUT2D eigenvalue weighted by atomic mass is 10.2. The monoisotopic (exact) mass is 288 g/mol. The average Bonchev–Trinajstić information content (AvgIpc) is 2.41. The van der Waals surface area contributed by atoms with Gasteiger partial charge >= 0.3 is 0 Å². The van der Waals surface area contributed by atoms with Gasteiger partial charge in [-0.3, -0.25) is 0 Å². The fourth-order valence-corrected chi connectivity index (χ4v) is 2.64. The lowest BCUT2D eigenvalue weighted by molar-refractivity contribution is 0.945. The van der Waals surface area contributed by atoms with Gasteiger partial charge < -0.3 is 0 Å². The van der Waals surface area contributed by atoms with Crippen LogP contribution in [0.15, 0.2) is 46.8 Å². The second-order valence-corrected chi connectivity index (χ2v) is 5.25. The molecule has 6 heteroatoms. The van der Waals surface area contributed by atoms with Crippen molar-refractivity contribution in [2.75, 3.05) is 0 Å². The molecule has 3 aromatic rings. The van der Waals surface area contributed by atoms with Gasteiger partial charge in [0.2, 0.25) is 5.28 Å². The third kappa shape index (κ3) is 2.67. The fraction of sp³-hybridized carbons (Fsp3) is 0.0769. The molecule has 0 aliphatic carbocycles. The molecule has 94 valence electrons. The van der Waals surface area contributed by atoms with E-state index in [2.05, 4.69) is 19.9 Å². The zero-order valence-electron chi connectivity index (χ0n) is 10.0. The quantitative estimate of drug-likeness (QED) is 0.533. The molecule has 19 heavy (non-hydrogen) atoms. The molecule has 3 rings (SSSR count). The predicted molar refractivity (Wildman–Crippen MR) is 75.4 cm³/mol. The van der Waals surface area contributed by atoms with Crippen LogP contribution in [-0.2, 0) is 0 Å². The highest BCUT2D eigenvalue weighted by Crippen LogP contribution is 2.29. The summed E-state index contributed by atoms with van der Waals surface area (Å²) in [5.41, 5.74) is 1.84. The van der Waals surface area contributed by atoms with Crippen molar-refractivity contribution in [1.82, 2.24) is 19.9 Å². The van der Waals surface area contributed by atoms with Gasteiger partial charge in [-0.15, -0.1) is 0 Å². The zero-order valence-corrected chi connectivity index (χ0v) is 11.6. The normalized spacial score (nSPS) is 10.8. The summed E-state index contributed by atoms with van der Waals surface area (Å²) >= 11 is 7.32. The maximum atomic E-state index is 5.94. The molecule has 0 spiro atoms. The van der Waals surface area contributed by atoms with Gasteiger partial charge in [-0.1, -0.05) is 18.2 Å². The first kappa shape index (κ1) is 12.3. The predicted octanol–water partition coefficient (Wildman–Crippen LogP) is 3.53. The molecule has 4 nitrogen and oxygen atoms in total. The van der Waals surface area contributed by atoms with E-state index in [1.165, 1.54) is 11.8 Å². The molecule has 0 aliphatic rings. The second-order valence-electron chi connectivity index (χ2n) is 3.96. The molecule has 2 aromatic heterocycles. The third-order valence-corrected chi connectivity index (χ3v) is 3.55. The molecular formula is C13H9ClN4S. The van der Waals surface area contributed by atoms with Crippen LogP contribution in [0.25, 0.3) is 10.9 Å². The number of rotatable bonds is 2. The van der Waals surface area contributed by atoms with Gasteiger partial charge in [0.15, 0.2) is 5.16 Å². The molecule has 0 radical (unpaired) electrons. The Balaban J connectivity index is 2.07. The van der Waals surface area contributed by atoms with Crippen molar-refractivity contribution in [2.24, 2.45) is 0 Å². The number of hydrogen-bond acceptors (Lipinski definition) is 5. The van der Waals surface area contributed by atoms with Crippen LogP contribution in [0.2, 0.25) is 5.28 Å². The molecule has 0 N–H and O–H groups in total. The molecule has 1 aromatic carbocycles. The summed E-state index contributed by atoms with van der Waals surface area (Å²) in [6, 6.07) is 7.73. The Morgan fingerprint density at radius 2 is 1.79 bits per heavy atom. The Morgan fingerprint density at radius 3 is 2.58 bits per heavy atom. The summed E-state index contributed by atoms with van der Waals surface area (Å²) in [5.74, 6) is 0. The van der Waals surface area contributed by atoms with E-state index >= 15 is 0 Å². The maximum Gasteiger partial charge on any atom is 0.224 e. The van der Waals surface area contributed by atoms with Gasteiger partial charge in [-0.05, 0) is 41.9 Å². The number of nitrogens with zero attached hydrogens (tertiary/aromatic N) is 4. The molecule has 0 unspecified atom stereocenters. The van der Waals surface area contributed by atoms with Gasteiger partial charge in [0.25, 0.3) is 0 Å². The smallest absolute Gasteiger partial charge is 0.224 e. The highest BCUT2D eigenvalue weighted by Gasteiger charge is 2.09. The van der Waals surface area contributed by atoms with E-state index in [1.54, 1.807) is 12.4 Å². The second kappa shape index (κ2) is 5.11. The third-order valence-electron chi connectivity index (χ3n) is 2.49. The minimum absolute atomic E-state index is 0.230. The first-order chi connectivity index (χ1) is 9.22. The van der Waals surface area contributed by atoms with E-state index in [4.69, 9.17) is 11.6 Å². The highest BCUT2D eigenvalue weighted by molar-refractivity contribution is 7.99. The van der Waals surface area contributed by atoms with E-state index < -0.39 is 0 Å². The lowest BCUT2D eigenvalue weighted by Gasteiger charge is -2.04. The van der Waals surface area contributed by atoms with Gasteiger partial charge in [0, 0.05) is 17.8 Å². The van der Waals surface area contributed by atoms with Crippen molar-refractivity contribution in [3.63, 3.8) is 0 Å². The standard InChI is InChI=1S/C13H9ClN4S/c1-8-6-15-13(16-7-8)19-11-9-4-2-3-5-10(9)17-12(14)18-11/h2-7H,1H3. The Hall–Kier alpha value is -1.72. The molecule has 0 bridgehead atoms. The van der Waals surface area contributed by atoms with Gasteiger partial charge in [0.1, 0.15) is 5.03 Å². The lowest BCUT2D eigenvalue weighted by Crippen LogP contribution is -1.92. The first-order valence-corrected chi connectivity index (χ1v) is 6.80. The number of hydrogen-bond donors (Lipinski definition) is 0. The average molecular weight is 289 g/mol. The van der Waals surface area contributed by atoms with E-state index in [-0.39, 0.29) is 5.28 Å². The molecule has 0 aliphatic heterocycles. The SMILES string of the molecule is Cc1cnc(Sc2nc(Cl)nc3ccccc23)nc1. The van der Waals surface area contributed by atoms with Gasteiger partial charge in [0.05, 0.1) is 5.52 Å². The van der Waals surface area contributed by atoms with E-state index in [0.29, 0.717) is 5.16 Å². The van der Waals surface area contributed by atoms with Crippen LogP contribution in [0, 0.1) is 6.92 Å². The Morgan fingerprint density at radius 1 is 1.05 bits per heavy atom. The van der Waals surface area contributed by atoms with Crippen LogP contribution in [0.3, 0.4) is 0 Å². The minimum atomic E-state index is 0.230. The van der Waals surface area contributed by atoms with Crippen LogP contribution in [0.1, 0.15) is 5.56 Å². The Bertz CT molecular complexity index is 730. The molecule has 0 amide bonds. The number of aromatic nitrogens is 4. The zero-order chi connectivity index (χ0) is 13.2. The fourth-order valence-electron chi connectivity index (χ4n) is 1.62. The summed E-state index contributed by atoms with van der Waals surface area (Å²) in [4.78, 5) is 17.0. The maximum absolute atomic E-state index is 5.94. The first-order valence-electron chi connectivity index (χ1n) is 5.61. The summed E-state index contributed by atoms with van der Waals surface area (Å²) in [6.45, 7) is 1.95. The van der Waals surface area contributed by atoms with Crippen molar-refractivity contribution >= 4 is 34.3 Å². The summed E-state index contributed by atoms with van der Waals surface area (Å²) in [6.07, 6.45) is 3.56. The Labute approximate surface area is 119 Å². The number of fused-ring (bicyclic) bond motifs is 1. The number of halogens is 1. The molecule has 0 saturated heterocycles. The van der Waals surface area contributed by atoms with Gasteiger partial charge in [-0.2, -0.15) is 0 Å². The number of benzene rings is 1. The van der Waals surface area contributed by atoms with Crippen LogP contribution in [0.4, 0.5) is 0 Å². The van der Waals surface area contributed by atoms with Crippen molar-refractivity contribution in [3.8, 4) is 0 Å². The van der Waals surface area contributed by atoms with Crippen molar-refractivity contribution in [3.05, 3.63) is 47.5 Å². The minimum Gasteiger partial charge on any atom is -0.231 e. The molecule has 0 atom stereocenters. The van der Waals surface area contributed by atoms with Crippen LogP contribution < -0.4 is 0 Å². The van der Waals surface area contributed by atoms with Crippen LogP contribution in [0.5, 0.6) is 0 Å². The van der Waals surface area contributed by atoms with E-state index in [0.717, 1.165) is 21.5 Å². The molecule has 0 saturated carbocycles. The van der Waals surface area contributed by atoms with Crippen LogP contribution >= 0.6 is 23.4 Å². The largest absolute Gasteiger partial charge is 0.231 e. The highest BCUT2D eigenvalue weighted by atomic mass is 35.5. The van der Waals surface area contributed by atoms with E-state index in [9.17, 15) is 0 Å². The summed E-state index contributed by atoms with van der Waals surface area (Å²) < 4.78 is 0. The number of aryl methyl sites for hydroxylation is 1. The summed E-state index contributed by atoms with van der Waals surface area (Å²) in [7, 11) is 0. The van der Waals surface area contributed by atoms with Crippen molar-refractivity contribution < 1.29 is 0 Å². The van der Waals surface area contributed by atoms with Crippen molar-refractivity contribution in [2.45, 2.75) is 17.1 Å². The van der Waals surface area contributed by atoms with Crippen LogP contribution in [-0.4, -0.2) is 19.9 Å². The molecule has 0 fully saturated rings. The molecular weight excluding hydrogens is 280 g/mol. The van der Waals surface area contributed by atoms with Gasteiger partial charge in [-0.25, -0.2) is 19.9 Å². The van der Waals surface area contributed by atoms with E-state index in [1.807, 2.05) is 31.2 Å². The number of para-hydroxylation sites is 1. The Kier molecular flexibility index (Phi) is 3.31. The van der Waals surface area contributed by atoms with Crippen molar-refractivity contribution in [1.29, 1.82) is 0 Å².